The maximum atomic E-state index is 5.24. The molecule has 0 saturated heterocycles. The van der Waals surface area contributed by atoms with Crippen LogP contribution < -0.4 is 0 Å². The fourth-order valence-corrected chi connectivity index (χ4v) is 5.08. The molecule has 0 aliphatic rings. The van der Waals surface area contributed by atoms with Gasteiger partial charge in [-0.15, -0.1) is 0 Å². The van der Waals surface area contributed by atoms with Crippen LogP contribution in [-0.4, -0.2) is 9.55 Å². The highest BCUT2D eigenvalue weighted by Crippen LogP contribution is 2.40. The van der Waals surface area contributed by atoms with Crippen molar-refractivity contribution in [2.45, 2.75) is 0 Å². The molecule has 0 aliphatic carbocycles. The van der Waals surface area contributed by atoms with Gasteiger partial charge in [0.2, 0.25) is 0 Å². The van der Waals surface area contributed by atoms with Gasteiger partial charge >= 0.3 is 0 Å². The molecule has 0 spiro atoms. The highest BCUT2D eigenvalue weighted by molar-refractivity contribution is 9.10. The lowest BCUT2D eigenvalue weighted by Crippen LogP contribution is -1.97. The van der Waals surface area contributed by atoms with E-state index >= 15 is 0 Å². The van der Waals surface area contributed by atoms with Gasteiger partial charge in [-0.1, -0.05) is 92.5 Å². The second-order valence-electron chi connectivity index (χ2n) is 7.55. The summed E-state index contributed by atoms with van der Waals surface area (Å²) in [4.78, 5) is 5.24. The highest BCUT2D eigenvalue weighted by Gasteiger charge is 2.20. The minimum atomic E-state index is 0.940. The minimum Gasteiger partial charge on any atom is -0.292 e. The number of rotatable bonds is 2. The number of fused-ring (bicyclic) bond motifs is 6. The van der Waals surface area contributed by atoms with Crippen molar-refractivity contribution in [1.29, 1.82) is 0 Å². The van der Waals surface area contributed by atoms with Gasteiger partial charge in [0.15, 0.2) is 0 Å². The number of aromatic nitrogens is 2. The van der Waals surface area contributed by atoms with Crippen LogP contribution in [-0.2, 0) is 0 Å². The summed E-state index contributed by atoms with van der Waals surface area (Å²) in [7, 11) is 0. The molecule has 148 valence electrons. The van der Waals surface area contributed by atoms with Gasteiger partial charge in [-0.2, -0.15) is 0 Å². The lowest BCUT2D eigenvalue weighted by Gasteiger charge is -2.13. The molecule has 6 aromatic rings. The molecule has 6 rings (SSSR count). The fraction of sp³-hybridized carbons (Fsp3) is 0. The molecular weight excluding hydrogens is 512 g/mol. The lowest BCUT2D eigenvalue weighted by atomic mass is 10.00. The second-order valence-corrected chi connectivity index (χ2v) is 9.38. The number of para-hydroxylation sites is 1. The van der Waals surface area contributed by atoms with Crippen molar-refractivity contribution in [3.63, 3.8) is 0 Å². The first kappa shape index (κ1) is 18.8. The minimum absolute atomic E-state index is 0.940. The molecule has 5 aromatic carbocycles. The topological polar surface area (TPSA) is 17.8 Å². The Bertz CT molecular complexity index is 1590. The van der Waals surface area contributed by atoms with Crippen LogP contribution in [0.3, 0.4) is 0 Å². The SMILES string of the molecule is Brc1ccc2c3ccc(Br)cc3c3c(nc(-c4ccccc4)n3-c3ccccc3)c2c1. The first-order valence-electron chi connectivity index (χ1n) is 10.0. The van der Waals surface area contributed by atoms with E-state index in [4.69, 9.17) is 4.98 Å². The molecule has 0 radical (unpaired) electrons. The summed E-state index contributed by atoms with van der Waals surface area (Å²) >= 11 is 7.36. The van der Waals surface area contributed by atoms with Crippen molar-refractivity contribution in [3.8, 4) is 17.1 Å². The van der Waals surface area contributed by atoms with Crippen LogP contribution in [0.2, 0.25) is 0 Å². The Morgan fingerprint density at radius 1 is 0.581 bits per heavy atom. The summed E-state index contributed by atoms with van der Waals surface area (Å²) in [6.45, 7) is 0. The summed E-state index contributed by atoms with van der Waals surface area (Å²) in [5.41, 5.74) is 4.31. The van der Waals surface area contributed by atoms with Gasteiger partial charge in [0, 0.05) is 31.0 Å². The van der Waals surface area contributed by atoms with Gasteiger partial charge in [-0.25, -0.2) is 4.98 Å². The van der Waals surface area contributed by atoms with Gasteiger partial charge in [-0.05, 0) is 47.2 Å². The Balaban J connectivity index is 1.91. The van der Waals surface area contributed by atoms with E-state index in [0.717, 1.165) is 42.4 Å². The summed E-state index contributed by atoms with van der Waals surface area (Å²) in [5, 5.41) is 4.74. The van der Waals surface area contributed by atoms with E-state index in [2.05, 4.69) is 121 Å². The van der Waals surface area contributed by atoms with Crippen LogP contribution in [0.5, 0.6) is 0 Å². The molecule has 0 unspecified atom stereocenters. The van der Waals surface area contributed by atoms with Crippen LogP contribution in [0.15, 0.2) is 106 Å². The van der Waals surface area contributed by atoms with Crippen molar-refractivity contribution >= 4 is 64.4 Å². The van der Waals surface area contributed by atoms with Crippen LogP contribution in [0.4, 0.5) is 0 Å². The Morgan fingerprint density at radius 3 is 1.84 bits per heavy atom. The van der Waals surface area contributed by atoms with Gasteiger partial charge in [-0.3, -0.25) is 4.57 Å². The molecule has 4 heteroatoms. The Morgan fingerprint density at radius 2 is 1.16 bits per heavy atom. The normalized spacial score (nSPS) is 11.5. The Kier molecular flexibility index (Phi) is 4.44. The predicted molar refractivity (Wildman–Crippen MR) is 137 cm³/mol. The van der Waals surface area contributed by atoms with E-state index in [1.165, 1.54) is 16.2 Å². The van der Waals surface area contributed by atoms with Crippen molar-refractivity contribution in [2.24, 2.45) is 0 Å². The number of benzene rings is 5. The summed E-state index contributed by atoms with van der Waals surface area (Å²) < 4.78 is 4.40. The van der Waals surface area contributed by atoms with E-state index in [-0.39, 0.29) is 0 Å². The van der Waals surface area contributed by atoms with Gasteiger partial charge in [0.1, 0.15) is 5.82 Å². The zero-order chi connectivity index (χ0) is 20.9. The third-order valence-electron chi connectivity index (χ3n) is 5.69. The Hall–Kier alpha value is -2.95. The van der Waals surface area contributed by atoms with E-state index in [0.29, 0.717) is 0 Å². The molecule has 0 aliphatic heterocycles. The van der Waals surface area contributed by atoms with E-state index in [9.17, 15) is 0 Å². The number of nitrogens with zero attached hydrogens (tertiary/aromatic N) is 2. The summed E-state index contributed by atoms with van der Waals surface area (Å²) in [5.74, 6) is 0.940. The average Bonchev–Trinajstić information content (AvgIpc) is 3.21. The fourth-order valence-electron chi connectivity index (χ4n) is 4.36. The molecule has 1 aromatic heterocycles. The zero-order valence-corrected chi connectivity index (χ0v) is 19.6. The third-order valence-corrected chi connectivity index (χ3v) is 6.67. The molecule has 0 saturated carbocycles. The average molecular weight is 528 g/mol. The molecule has 0 bridgehead atoms. The van der Waals surface area contributed by atoms with Gasteiger partial charge in [0.25, 0.3) is 0 Å². The third kappa shape index (κ3) is 3.01. The monoisotopic (exact) mass is 526 g/mol. The van der Waals surface area contributed by atoms with Crippen LogP contribution >= 0.6 is 31.9 Å². The Labute approximate surface area is 196 Å². The van der Waals surface area contributed by atoms with E-state index in [1.54, 1.807) is 0 Å². The molecule has 31 heavy (non-hydrogen) atoms. The molecule has 0 atom stereocenters. The second kappa shape index (κ2) is 7.33. The van der Waals surface area contributed by atoms with Gasteiger partial charge in [0.05, 0.1) is 11.0 Å². The molecule has 0 fully saturated rings. The number of hydrogen-bond acceptors (Lipinski definition) is 1. The van der Waals surface area contributed by atoms with Crippen molar-refractivity contribution < 1.29 is 0 Å². The van der Waals surface area contributed by atoms with E-state index < -0.39 is 0 Å². The zero-order valence-electron chi connectivity index (χ0n) is 16.4. The standard InChI is InChI=1S/C27H16Br2N2/c28-18-11-13-21-22-14-12-19(29)16-24(22)26-25(23(21)15-18)30-27(17-7-3-1-4-8-17)31(26)20-9-5-2-6-10-20/h1-16H. The maximum Gasteiger partial charge on any atom is 0.145 e. The van der Waals surface area contributed by atoms with Gasteiger partial charge < -0.3 is 0 Å². The van der Waals surface area contributed by atoms with Crippen LogP contribution in [0.1, 0.15) is 0 Å². The molecule has 1 heterocycles. The number of hydrogen-bond donors (Lipinski definition) is 0. The molecule has 0 N–H and O–H groups in total. The summed E-state index contributed by atoms with van der Waals surface area (Å²) in [6, 6.07) is 33.9. The number of halogens is 2. The number of imidazole rings is 1. The molecule has 2 nitrogen and oxygen atoms in total. The quantitative estimate of drug-likeness (QED) is 0.206. The van der Waals surface area contributed by atoms with Crippen molar-refractivity contribution in [2.75, 3.05) is 0 Å². The summed E-state index contributed by atoms with van der Waals surface area (Å²) in [6.07, 6.45) is 0. The van der Waals surface area contributed by atoms with Crippen LogP contribution in [0.25, 0.3) is 49.7 Å². The highest BCUT2D eigenvalue weighted by atomic mass is 79.9. The first-order chi connectivity index (χ1) is 15.2. The van der Waals surface area contributed by atoms with E-state index in [1.807, 2.05) is 12.1 Å². The van der Waals surface area contributed by atoms with Crippen molar-refractivity contribution in [1.82, 2.24) is 9.55 Å². The van der Waals surface area contributed by atoms with Crippen LogP contribution in [0, 0.1) is 0 Å². The first-order valence-corrected chi connectivity index (χ1v) is 11.6. The molecular formula is C27H16Br2N2. The lowest BCUT2D eigenvalue weighted by molar-refractivity contribution is 1.11. The predicted octanol–water partition coefficient (Wildman–Crippen LogP) is 8.52. The van der Waals surface area contributed by atoms with Crippen molar-refractivity contribution in [3.05, 3.63) is 106 Å². The maximum absolute atomic E-state index is 5.24. The largest absolute Gasteiger partial charge is 0.292 e. The molecule has 0 amide bonds. The smallest absolute Gasteiger partial charge is 0.145 e.